The summed E-state index contributed by atoms with van der Waals surface area (Å²) in [4.78, 5) is 15.1. The highest BCUT2D eigenvalue weighted by Gasteiger charge is 2.48. The van der Waals surface area contributed by atoms with Crippen molar-refractivity contribution in [3.63, 3.8) is 0 Å². The minimum absolute atomic E-state index is 0.0109. The molecule has 0 aliphatic carbocycles. The molecule has 2 atom stereocenters. The minimum atomic E-state index is -0.0251. The Hall–Kier alpha value is -3.27. The Kier molecular flexibility index (Phi) is 6.03. The number of aryl methyl sites for hydroxylation is 1. The lowest BCUT2D eigenvalue weighted by atomic mass is 9.78. The molecule has 1 fully saturated rings. The number of methoxy groups -OCH3 is 2. The summed E-state index contributed by atoms with van der Waals surface area (Å²) >= 11 is 0. The molecule has 0 N–H and O–H groups in total. The number of hydrogen-bond donors (Lipinski definition) is 0. The Bertz CT molecular complexity index is 985. The predicted molar refractivity (Wildman–Crippen MR) is 119 cm³/mol. The smallest absolute Gasteiger partial charge is 0.233 e. The van der Waals surface area contributed by atoms with E-state index in [0.29, 0.717) is 0 Å². The van der Waals surface area contributed by atoms with Gasteiger partial charge in [-0.2, -0.15) is 0 Å². The molecular formula is C26H27NO3. The first kappa shape index (κ1) is 20.0. The molecule has 0 radical (unpaired) electrons. The van der Waals surface area contributed by atoms with Gasteiger partial charge in [0.1, 0.15) is 11.5 Å². The minimum Gasteiger partial charge on any atom is -0.497 e. The van der Waals surface area contributed by atoms with Gasteiger partial charge < -0.3 is 14.4 Å². The Labute approximate surface area is 178 Å². The molecule has 1 amide bonds. The van der Waals surface area contributed by atoms with E-state index in [1.54, 1.807) is 14.2 Å². The average Bonchev–Trinajstić information content (AvgIpc) is 2.81. The van der Waals surface area contributed by atoms with Gasteiger partial charge in [-0.3, -0.25) is 4.79 Å². The van der Waals surface area contributed by atoms with Gasteiger partial charge in [0.2, 0.25) is 5.91 Å². The van der Waals surface area contributed by atoms with Crippen LogP contribution in [0.3, 0.4) is 0 Å². The zero-order valence-electron chi connectivity index (χ0n) is 17.5. The molecule has 0 aromatic heterocycles. The summed E-state index contributed by atoms with van der Waals surface area (Å²) < 4.78 is 10.7. The largest absolute Gasteiger partial charge is 0.497 e. The lowest BCUT2D eigenvalue weighted by Crippen LogP contribution is -2.55. The fourth-order valence-electron chi connectivity index (χ4n) is 4.24. The lowest BCUT2D eigenvalue weighted by Gasteiger charge is -2.47. The van der Waals surface area contributed by atoms with Crippen LogP contribution in [0.5, 0.6) is 11.5 Å². The molecule has 0 spiro atoms. The molecule has 4 heteroatoms. The zero-order chi connectivity index (χ0) is 20.9. The van der Waals surface area contributed by atoms with E-state index in [2.05, 4.69) is 30.3 Å². The number of benzene rings is 3. The standard InChI is InChI=1S/C26H27NO3/c1-29-22-16-14-21(15-17-22)27-25(20-11-7-12-23(18-20)30-2)24(26(27)28)13-6-10-19-8-4-3-5-9-19/h3-5,7-9,11-12,14-18,24-25H,6,10,13H2,1-2H3/t24-,25-/m0/s1. The van der Waals surface area contributed by atoms with Crippen molar-refractivity contribution in [1.29, 1.82) is 0 Å². The van der Waals surface area contributed by atoms with Crippen LogP contribution in [-0.4, -0.2) is 20.1 Å². The molecule has 4 nitrogen and oxygen atoms in total. The predicted octanol–water partition coefficient (Wildman–Crippen LogP) is 5.43. The topological polar surface area (TPSA) is 38.8 Å². The fraction of sp³-hybridized carbons (Fsp3) is 0.269. The van der Waals surface area contributed by atoms with Crippen LogP contribution in [0.1, 0.15) is 30.0 Å². The molecule has 0 bridgehead atoms. The highest BCUT2D eigenvalue weighted by molar-refractivity contribution is 6.03. The number of anilines is 1. The van der Waals surface area contributed by atoms with Gasteiger partial charge in [-0.1, -0.05) is 42.5 Å². The van der Waals surface area contributed by atoms with Crippen LogP contribution >= 0.6 is 0 Å². The second kappa shape index (κ2) is 9.04. The van der Waals surface area contributed by atoms with E-state index < -0.39 is 0 Å². The fourth-order valence-corrected chi connectivity index (χ4v) is 4.24. The van der Waals surface area contributed by atoms with Crippen LogP contribution in [0.15, 0.2) is 78.9 Å². The highest BCUT2D eigenvalue weighted by Crippen LogP contribution is 2.46. The molecule has 0 unspecified atom stereocenters. The molecule has 1 saturated heterocycles. The highest BCUT2D eigenvalue weighted by atomic mass is 16.5. The van der Waals surface area contributed by atoms with Crippen LogP contribution in [-0.2, 0) is 11.2 Å². The van der Waals surface area contributed by atoms with Gasteiger partial charge in [-0.25, -0.2) is 0 Å². The van der Waals surface area contributed by atoms with Crippen LogP contribution in [0.4, 0.5) is 5.69 Å². The van der Waals surface area contributed by atoms with Gasteiger partial charge >= 0.3 is 0 Å². The second-order valence-corrected chi connectivity index (χ2v) is 7.61. The Morgan fingerprint density at radius 3 is 2.27 bits per heavy atom. The monoisotopic (exact) mass is 401 g/mol. The van der Waals surface area contributed by atoms with Crippen molar-refractivity contribution < 1.29 is 14.3 Å². The number of ether oxygens (including phenoxy) is 2. The van der Waals surface area contributed by atoms with Gasteiger partial charge in [0.05, 0.1) is 26.2 Å². The number of β-lactam (4-membered cyclic amide) rings is 1. The van der Waals surface area contributed by atoms with Crippen molar-refractivity contribution in [2.24, 2.45) is 5.92 Å². The van der Waals surface area contributed by atoms with E-state index in [1.165, 1.54) is 5.56 Å². The number of rotatable bonds is 8. The van der Waals surface area contributed by atoms with Crippen molar-refractivity contribution in [3.05, 3.63) is 90.0 Å². The third kappa shape index (κ3) is 4.04. The first-order chi connectivity index (χ1) is 14.7. The van der Waals surface area contributed by atoms with Gasteiger partial charge in [-0.15, -0.1) is 0 Å². The summed E-state index contributed by atoms with van der Waals surface area (Å²) in [5, 5.41) is 0. The maximum Gasteiger partial charge on any atom is 0.233 e. The van der Waals surface area contributed by atoms with Crippen LogP contribution < -0.4 is 14.4 Å². The van der Waals surface area contributed by atoms with Gasteiger partial charge in [0.25, 0.3) is 0 Å². The van der Waals surface area contributed by atoms with E-state index in [-0.39, 0.29) is 17.9 Å². The number of hydrogen-bond acceptors (Lipinski definition) is 3. The summed E-state index contributed by atoms with van der Waals surface area (Å²) in [6.07, 6.45) is 2.83. The van der Waals surface area contributed by atoms with Crippen molar-refractivity contribution in [2.45, 2.75) is 25.3 Å². The quantitative estimate of drug-likeness (QED) is 0.472. The number of nitrogens with zero attached hydrogens (tertiary/aromatic N) is 1. The number of carbonyl (C=O) groups excluding carboxylic acids is 1. The summed E-state index contributed by atoms with van der Waals surface area (Å²) in [6, 6.07) is 26.2. The van der Waals surface area contributed by atoms with Gasteiger partial charge in [0, 0.05) is 5.69 Å². The molecule has 3 aromatic rings. The third-order valence-corrected chi connectivity index (χ3v) is 5.82. The van der Waals surface area contributed by atoms with Crippen molar-refractivity contribution in [2.75, 3.05) is 19.1 Å². The molecule has 3 aromatic carbocycles. The van der Waals surface area contributed by atoms with Crippen molar-refractivity contribution >= 4 is 11.6 Å². The molecule has 1 heterocycles. The number of carbonyl (C=O) groups is 1. The second-order valence-electron chi connectivity index (χ2n) is 7.61. The molecule has 154 valence electrons. The average molecular weight is 402 g/mol. The lowest BCUT2D eigenvalue weighted by molar-refractivity contribution is -0.130. The molecule has 1 aliphatic rings. The van der Waals surface area contributed by atoms with Gasteiger partial charge in [0.15, 0.2) is 0 Å². The Morgan fingerprint density at radius 2 is 1.57 bits per heavy atom. The number of amides is 1. The molecular weight excluding hydrogens is 374 g/mol. The Balaban J connectivity index is 1.56. The first-order valence-corrected chi connectivity index (χ1v) is 10.4. The van der Waals surface area contributed by atoms with Gasteiger partial charge in [-0.05, 0) is 66.8 Å². The normalized spacial score (nSPS) is 18.1. The van der Waals surface area contributed by atoms with E-state index in [9.17, 15) is 4.79 Å². The molecule has 4 rings (SSSR count). The third-order valence-electron chi connectivity index (χ3n) is 5.82. The molecule has 0 saturated carbocycles. The zero-order valence-corrected chi connectivity index (χ0v) is 17.5. The van der Waals surface area contributed by atoms with E-state index in [4.69, 9.17) is 9.47 Å². The van der Waals surface area contributed by atoms with Crippen LogP contribution in [0.2, 0.25) is 0 Å². The van der Waals surface area contributed by atoms with E-state index >= 15 is 0 Å². The Morgan fingerprint density at radius 1 is 0.833 bits per heavy atom. The summed E-state index contributed by atoms with van der Waals surface area (Å²) in [5.41, 5.74) is 3.32. The van der Waals surface area contributed by atoms with Crippen molar-refractivity contribution in [3.8, 4) is 11.5 Å². The summed E-state index contributed by atoms with van der Waals surface area (Å²) in [6.45, 7) is 0. The summed E-state index contributed by atoms with van der Waals surface area (Å²) in [7, 11) is 3.31. The van der Waals surface area contributed by atoms with Crippen LogP contribution in [0.25, 0.3) is 0 Å². The SMILES string of the molecule is COc1ccc(N2C(=O)[C@@H](CCCc3ccccc3)[C@@H]2c2cccc(OC)c2)cc1. The van der Waals surface area contributed by atoms with E-state index in [0.717, 1.165) is 42.0 Å². The van der Waals surface area contributed by atoms with Crippen LogP contribution in [0, 0.1) is 5.92 Å². The molecule has 30 heavy (non-hydrogen) atoms. The van der Waals surface area contributed by atoms with E-state index in [1.807, 2.05) is 53.4 Å². The molecule has 1 aliphatic heterocycles. The van der Waals surface area contributed by atoms with Crippen molar-refractivity contribution in [1.82, 2.24) is 0 Å². The maximum atomic E-state index is 13.2. The first-order valence-electron chi connectivity index (χ1n) is 10.4. The maximum absolute atomic E-state index is 13.2. The summed E-state index contributed by atoms with van der Waals surface area (Å²) in [5.74, 6) is 1.75.